The smallest absolute Gasteiger partial charge is 0.242 e. The summed E-state index contributed by atoms with van der Waals surface area (Å²) in [5, 5.41) is 7.32. The molecule has 5 nitrogen and oxygen atoms in total. The molecule has 2 aromatic carbocycles. The maximum atomic E-state index is 13.7. The zero-order valence-electron chi connectivity index (χ0n) is 15.1. The molecule has 1 aliphatic rings. The Bertz CT molecular complexity index is 951. The van der Waals surface area contributed by atoms with Gasteiger partial charge in [-0.2, -0.15) is 5.10 Å². The van der Waals surface area contributed by atoms with E-state index < -0.39 is 6.04 Å². The van der Waals surface area contributed by atoms with Gasteiger partial charge in [-0.3, -0.25) is 9.69 Å². The zero-order valence-corrected chi connectivity index (χ0v) is 15.1. The maximum Gasteiger partial charge on any atom is 0.242 e. The van der Waals surface area contributed by atoms with Crippen LogP contribution in [0.1, 0.15) is 22.7 Å². The van der Waals surface area contributed by atoms with Gasteiger partial charge in [0.15, 0.2) is 0 Å². The van der Waals surface area contributed by atoms with Crippen molar-refractivity contribution in [2.45, 2.75) is 19.5 Å². The van der Waals surface area contributed by atoms with Crippen molar-refractivity contribution in [3.05, 3.63) is 83.4 Å². The van der Waals surface area contributed by atoms with Crippen molar-refractivity contribution in [3.63, 3.8) is 0 Å². The van der Waals surface area contributed by atoms with Crippen molar-refractivity contribution in [3.8, 4) is 5.69 Å². The van der Waals surface area contributed by atoms with E-state index in [-0.39, 0.29) is 11.7 Å². The number of rotatable bonds is 4. The largest absolute Gasteiger partial charge is 0.353 e. The molecule has 0 spiro atoms. The van der Waals surface area contributed by atoms with Crippen LogP contribution in [0.15, 0.2) is 60.9 Å². The number of carbonyl (C=O) groups excluding carboxylic acids is 1. The number of hydrogen-bond acceptors (Lipinski definition) is 3. The van der Waals surface area contributed by atoms with Gasteiger partial charge in [-0.25, -0.2) is 9.07 Å². The second-order valence-corrected chi connectivity index (χ2v) is 6.85. The highest BCUT2D eigenvalue weighted by molar-refractivity contribution is 5.83. The molecule has 2 heterocycles. The lowest BCUT2D eigenvalue weighted by Crippen LogP contribution is -2.49. The minimum absolute atomic E-state index is 0.0993. The summed E-state index contributed by atoms with van der Waals surface area (Å²) in [6, 6.07) is 13.9. The highest BCUT2D eigenvalue weighted by Crippen LogP contribution is 2.26. The van der Waals surface area contributed by atoms with Crippen LogP contribution in [0.2, 0.25) is 0 Å². The van der Waals surface area contributed by atoms with E-state index >= 15 is 0 Å². The first-order valence-corrected chi connectivity index (χ1v) is 8.98. The summed E-state index contributed by atoms with van der Waals surface area (Å²) in [6.07, 6.45) is 3.79. The molecule has 0 radical (unpaired) electrons. The number of aryl methyl sites for hydroxylation is 1. The van der Waals surface area contributed by atoms with Gasteiger partial charge in [0.05, 0.1) is 11.9 Å². The van der Waals surface area contributed by atoms with Crippen molar-refractivity contribution < 1.29 is 9.18 Å². The summed E-state index contributed by atoms with van der Waals surface area (Å²) in [7, 11) is 0. The number of halogens is 1. The molecular weight excluding hydrogens is 343 g/mol. The third kappa shape index (κ3) is 3.75. The quantitative estimate of drug-likeness (QED) is 0.774. The number of aromatic nitrogens is 2. The summed E-state index contributed by atoms with van der Waals surface area (Å²) in [6.45, 7) is 3.89. The number of carbonyl (C=O) groups is 1. The highest BCUT2D eigenvalue weighted by Gasteiger charge is 2.31. The molecule has 0 saturated carbocycles. The molecule has 1 aliphatic heterocycles. The molecule has 1 N–H and O–H groups in total. The minimum atomic E-state index is -0.503. The molecule has 0 bridgehead atoms. The Morgan fingerprint density at radius 1 is 1.22 bits per heavy atom. The van der Waals surface area contributed by atoms with Crippen LogP contribution in [0.4, 0.5) is 4.39 Å². The Balaban J connectivity index is 1.57. The lowest BCUT2D eigenvalue weighted by atomic mass is 10.0. The summed E-state index contributed by atoms with van der Waals surface area (Å²) in [5.74, 6) is -0.434. The Morgan fingerprint density at radius 2 is 2.04 bits per heavy atom. The molecule has 138 valence electrons. The van der Waals surface area contributed by atoms with Gasteiger partial charge in [-0.1, -0.05) is 29.8 Å². The topological polar surface area (TPSA) is 50.2 Å². The van der Waals surface area contributed by atoms with Gasteiger partial charge >= 0.3 is 0 Å². The predicted octanol–water partition coefficient (Wildman–Crippen LogP) is 2.99. The molecule has 4 rings (SSSR count). The fraction of sp³-hybridized carbons (Fsp3) is 0.238. The van der Waals surface area contributed by atoms with E-state index in [1.807, 2.05) is 48.3 Å². The van der Waals surface area contributed by atoms with Crippen LogP contribution in [-0.2, 0) is 11.3 Å². The number of nitrogens with one attached hydrogen (secondary N) is 1. The minimum Gasteiger partial charge on any atom is -0.353 e. The Morgan fingerprint density at radius 3 is 2.81 bits per heavy atom. The standard InChI is InChI=1S/C21H21FN4O/c1-15-5-7-19(8-6-15)26-14-16(12-24-26)13-25-10-9-23-21(27)20(25)17-3-2-4-18(22)11-17/h2-8,11-12,14,20H,9-10,13H2,1H3,(H,23,27). The number of benzene rings is 2. The van der Waals surface area contributed by atoms with E-state index in [2.05, 4.69) is 15.3 Å². The molecule has 0 aliphatic carbocycles. The van der Waals surface area contributed by atoms with E-state index in [0.29, 0.717) is 25.2 Å². The van der Waals surface area contributed by atoms with Crippen LogP contribution in [0.3, 0.4) is 0 Å². The van der Waals surface area contributed by atoms with Crippen molar-refractivity contribution in [2.75, 3.05) is 13.1 Å². The average Bonchev–Trinajstić information content (AvgIpc) is 3.11. The molecule has 1 atom stereocenters. The van der Waals surface area contributed by atoms with Gasteiger partial charge in [-0.05, 0) is 36.8 Å². The third-order valence-corrected chi connectivity index (χ3v) is 4.80. The summed E-state index contributed by atoms with van der Waals surface area (Å²) < 4.78 is 15.5. The van der Waals surface area contributed by atoms with E-state index in [0.717, 1.165) is 11.3 Å². The lowest BCUT2D eigenvalue weighted by molar-refractivity contribution is -0.129. The van der Waals surface area contributed by atoms with Crippen molar-refractivity contribution in [2.24, 2.45) is 0 Å². The molecule has 6 heteroatoms. The van der Waals surface area contributed by atoms with Crippen molar-refractivity contribution in [1.29, 1.82) is 0 Å². The first-order valence-electron chi connectivity index (χ1n) is 8.98. The fourth-order valence-corrected chi connectivity index (χ4v) is 3.44. The Hall–Kier alpha value is -2.99. The number of amides is 1. The van der Waals surface area contributed by atoms with E-state index in [1.165, 1.54) is 17.7 Å². The van der Waals surface area contributed by atoms with E-state index in [4.69, 9.17) is 0 Å². The monoisotopic (exact) mass is 364 g/mol. The van der Waals surface area contributed by atoms with Gasteiger partial charge in [0.1, 0.15) is 11.9 Å². The first-order chi connectivity index (χ1) is 13.1. The SMILES string of the molecule is Cc1ccc(-n2cc(CN3CCNC(=O)C3c3cccc(F)c3)cn2)cc1. The van der Waals surface area contributed by atoms with Crippen LogP contribution in [0.5, 0.6) is 0 Å². The van der Waals surface area contributed by atoms with Gasteiger partial charge in [-0.15, -0.1) is 0 Å². The number of piperazine rings is 1. The average molecular weight is 364 g/mol. The van der Waals surface area contributed by atoms with Crippen molar-refractivity contribution >= 4 is 5.91 Å². The molecule has 1 fully saturated rings. The van der Waals surface area contributed by atoms with E-state index in [1.54, 1.807) is 12.1 Å². The number of hydrogen-bond donors (Lipinski definition) is 1. The molecule has 1 saturated heterocycles. The second kappa shape index (κ2) is 7.32. The van der Waals surface area contributed by atoms with Gasteiger partial charge in [0.25, 0.3) is 0 Å². The van der Waals surface area contributed by atoms with Gasteiger partial charge < -0.3 is 5.32 Å². The number of nitrogens with zero attached hydrogens (tertiary/aromatic N) is 3. The second-order valence-electron chi connectivity index (χ2n) is 6.85. The van der Waals surface area contributed by atoms with Crippen LogP contribution >= 0.6 is 0 Å². The highest BCUT2D eigenvalue weighted by atomic mass is 19.1. The Kier molecular flexibility index (Phi) is 4.73. The molecule has 1 unspecified atom stereocenters. The fourth-order valence-electron chi connectivity index (χ4n) is 3.44. The first kappa shape index (κ1) is 17.4. The normalized spacial score (nSPS) is 17.7. The zero-order chi connectivity index (χ0) is 18.8. The summed E-state index contributed by atoms with van der Waals surface area (Å²) in [5.41, 5.74) is 3.86. The van der Waals surface area contributed by atoms with Crippen LogP contribution in [-0.4, -0.2) is 33.7 Å². The van der Waals surface area contributed by atoms with Crippen LogP contribution < -0.4 is 5.32 Å². The summed E-state index contributed by atoms with van der Waals surface area (Å²) >= 11 is 0. The summed E-state index contributed by atoms with van der Waals surface area (Å²) in [4.78, 5) is 14.5. The Labute approximate surface area is 157 Å². The molecule has 3 aromatic rings. The predicted molar refractivity (Wildman–Crippen MR) is 101 cm³/mol. The van der Waals surface area contributed by atoms with Gasteiger partial charge in [0, 0.05) is 31.4 Å². The van der Waals surface area contributed by atoms with E-state index in [9.17, 15) is 9.18 Å². The van der Waals surface area contributed by atoms with Gasteiger partial charge in [0.2, 0.25) is 5.91 Å². The van der Waals surface area contributed by atoms with Crippen LogP contribution in [0.25, 0.3) is 5.69 Å². The molecule has 27 heavy (non-hydrogen) atoms. The molecule has 1 aromatic heterocycles. The lowest BCUT2D eigenvalue weighted by Gasteiger charge is -2.35. The maximum absolute atomic E-state index is 13.7. The third-order valence-electron chi connectivity index (χ3n) is 4.80. The molecule has 1 amide bonds. The van der Waals surface area contributed by atoms with Crippen molar-refractivity contribution in [1.82, 2.24) is 20.0 Å². The van der Waals surface area contributed by atoms with Crippen LogP contribution in [0, 0.1) is 12.7 Å². The molecular formula is C21H21FN4O.